The van der Waals surface area contributed by atoms with Crippen LogP contribution in [0, 0.1) is 0 Å². The number of aromatic hydroxyl groups is 1. The summed E-state index contributed by atoms with van der Waals surface area (Å²) in [5, 5.41) is 16.7. The molecular weight excluding hydrogens is 218 g/mol. The van der Waals surface area contributed by atoms with E-state index >= 15 is 0 Å². The van der Waals surface area contributed by atoms with Crippen molar-refractivity contribution in [2.75, 3.05) is 13.1 Å². The lowest BCUT2D eigenvalue weighted by molar-refractivity contribution is 0.416. The van der Waals surface area contributed by atoms with E-state index in [2.05, 4.69) is 15.5 Å². The first-order valence-electron chi connectivity index (χ1n) is 5.66. The Morgan fingerprint density at radius 2 is 2.35 bits per heavy atom. The Morgan fingerprint density at radius 3 is 3.12 bits per heavy atom. The summed E-state index contributed by atoms with van der Waals surface area (Å²) in [6, 6.07) is 6.82. The number of benzene rings is 1. The Bertz CT molecular complexity index is 518. The predicted molar refractivity (Wildman–Crippen MR) is 61.6 cm³/mol. The molecule has 0 spiro atoms. The van der Waals surface area contributed by atoms with Crippen molar-refractivity contribution < 1.29 is 9.63 Å². The van der Waals surface area contributed by atoms with Crippen LogP contribution in [0.2, 0.25) is 0 Å². The molecule has 0 saturated carbocycles. The van der Waals surface area contributed by atoms with Gasteiger partial charge < -0.3 is 14.9 Å². The molecule has 1 unspecified atom stereocenters. The lowest BCUT2D eigenvalue weighted by atomic mass is 10.1. The number of nitrogens with zero attached hydrogens (tertiary/aromatic N) is 2. The van der Waals surface area contributed by atoms with Gasteiger partial charge >= 0.3 is 0 Å². The predicted octanol–water partition coefficient (Wildman–Crippen LogP) is 1.52. The second-order valence-corrected chi connectivity index (χ2v) is 4.20. The van der Waals surface area contributed by atoms with Gasteiger partial charge in [-0.2, -0.15) is 4.98 Å². The number of hydrogen-bond donors (Lipinski definition) is 2. The maximum Gasteiger partial charge on any atom is 0.258 e. The van der Waals surface area contributed by atoms with Crippen molar-refractivity contribution in [1.29, 1.82) is 0 Å². The SMILES string of the molecule is Oc1cccc(-c2nc(C3CCNC3)no2)c1. The smallest absolute Gasteiger partial charge is 0.258 e. The van der Waals surface area contributed by atoms with Crippen molar-refractivity contribution in [2.24, 2.45) is 0 Å². The largest absolute Gasteiger partial charge is 0.508 e. The molecule has 2 N–H and O–H groups in total. The lowest BCUT2D eigenvalue weighted by Gasteiger charge is -1.98. The summed E-state index contributed by atoms with van der Waals surface area (Å²) in [6.45, 7) is 1.90. The zero-order chi connectivity index (χ0) is 11.7. The summed E-state index contributed by atoms with van der Waals surface area (Å²) in [4.78, 5) is 4.37. The third-order valence-electron chi connectivity index (χ3n) is 2.96. The van der Waals surface area contributed by atoms with Crippen molar-refractivity contribution in [3.63, 3.8) is 0 Å². The van der Waals surface area contributed by atoms with E-state index in [1.807, 2.05) is 6.07 Å². The van der Waals surface area contributed by atoms with Gasteiger partial charge in [0.15, 0.2) is 5.82 Å². The average molecular weight is 231 g/mol. The highest BCUT2D eigenvalue weighted by Gasteiger charge is 2.22. The van der Waals surface area contributed by atoms with Crippen LogP contribution in [-0.4, -0.2) is 28.3 Å². The Kier molecular flexibility index (Phi) is 2.53. The van der Waals surface area contributed by atoms with Gasteiger partial charge in [0.25, 0.3) is 5.89 Å². The molecule has 0 amide bonds. The first-order valence-corrected chi connectivity index (χ1v) is 5.66. The molecule has 0 aliphatic carbocycles. The molecule has 1 atom stereocenters. The quantitative estimate of drug-likeness (QED) is 0.820. The second-order valence-electron chi connectivity index (χ2n) is 4.20. The second kappa shape index (κ2) is 4.18. The summed E-state index contributed by atoms with van der Waals surface area (Å²) < 4.78 is 5.22. The molecule has 3 rings (SSSR count). The van der Waals surface area contributed by atoms with E-state index in [-0.39, 0.29) is 5.75 Å². The molecular formula is C12H13N3O2. The Morgan fingerprint density at radius 1 is 1.41 bits per heavy atom. The average Bonchev–Trinajstić information content (AvgIpc) is 3.00. The van der Waals surface area contributed by atoms with Crippen molar-refractivity contribution in [3.05, 3.63) is 30.1 Å². The first-order chi connectivity index (χ1) is 8.33. The van der Waals surface area contributed by atoms with E-state index in [1.165, 1.54) is 0 Å². The fourth-order valence-electron chi connectivity index (χ4n) is 2.03. The highest BCUT2D eigenvalue weighted by Crippen LogP contribution is 2.25. The molecule has 1 aromatic carbocycles. The van der Waals surface area contributed by atoms with Gasteiger partial charge in [-0.3, -0.25) is 0 Å². The van der Waals surface area contributed by atoms with Crippen molar-refractivity contribution in [2.45, 2.75) is 12.3 Å². The van der Waals surface area contributed by atoms with Gasteiger partial charge in [-0.05, 0) is 31.2 Å². The number of rotatable bonds is 2. The molecule has 88 valence electrons. The van der Waals surface area contributed by atoms with E-state index in [1.54, 1.807) is 18.2 Å². The maximum absolute atomic E-state index is 9.39. The van der Waals surface area contributed by atoms with Crippen LogP contribution in [0.1, 0.15) is 18.2 Å². The summed E-state index contributed by atoms with van der Waals surface area (Å²) in [6.07, 6.45) is 1.04. The van der Waals surface area contributed by atoms with Gasteiger partial charge in [-0.1, -0.05) is 11.2 Å². The molecule has 0 bridgehead atoms. The highest BCUT2D eigenvalue weighted by molar-refractivity contribution is 5.55. The fourth-order valence-corrected chi connectivity index (χ4v) is 2.03. The number of phenolic OH excluding ortho intramolecular Hbond substituents is 1. The van der Waals surface area contributed by atoms with Gasteiger partial charge in [-0.15, -0.1) is 0 Å². The molecule has 0 radical (unpaired) electrons. The molecule has 5 heteroatoms. The summed E-state index contributed by atoms with van der Waals surface area (Å²) in [5.41, 5.74) is 0.745. The number of nitrogens with one attached hydrogen (secondary N) is 1. The van der Waals surface area contributed by atoms with Crippen LogP contribution in [0.4, 0.5) is 0 Å². The molecule has 2 heterocycles. The van der Waals surface area contributed by atoms with Crippen LogP contribution < -0.4 is 5.32 Å². The topological polar surface area (TPSA) is 71.2 Å². The van der Waals surface area contributed by atoms with E-state index < -0.39 is 0 Å². The van der Waals surface area contributed by atoms with Gasteiger partial charge in [0.05, 0.1) is 0 Å². The van der Waals surface area contributed by atoms with Crippen molar-refractivity contribution in [3.8, 4) is 17.2 Å². The van der Waals surface area contributed by atoms with E-state index in [0.717, 1.165) is 30.9 Å². The Balaban J connectivity index is 1.89. The summed E-state index contributed by atoms with van der Waals surface area (Å²) >= 11 is 0. The third kappa shape index (κ3) is 2.01. The fraction of sp³-hybridized carbons (Fsp3) is 0.333. The number of phenols is 1. The summed E-state index contributed by atoms with van der Waals surface area (Å²) in [7, 11) is 0. The molecule has 1 aliphatic rings. The zero-order valence-corrected chi connectivity index (χ0v) is 9.26. The normalized spacial score (nSPS) is 19.6. The minimum Gasteiger partial charge on any atom is -0.508 e. The standard InChI is InChI=1S/C12H13N3O2/c16-10-3-1-2-8(6-10)12-14-11(15-17-12)9-4-5-13-7-9/h1-3,6,9,13,16H,4-5,7H2. The summed E-state index contributed by atoms with van der Waals surface area (Å²) in [5.74, 6) is 1.74. The molecule has 1 fully saturated rings. The molecule has 5 nitrogen and oxygen atoms in total. The molecule has 1 saturated heterocycles. The lowest BCUT2D eigenvalue weighted by Crippen LogP contribution is -2.08. The monoisotopic (exact) mass is 231 g/mol. The van der Waals surface area contributed by atoms with Crippen LogP contribution in [0.3, 0.4) is 0 Å². The highest BCUT2D eigenvalue weighted by atomic mass is 16.5. The number of hydrogen-bond acceptors (Lipinski definition) is 5. The molecule has 17 heavy (non-hydrogen) atoms. The van der Waals surface area contributed by atoms with Crippen LogP contribution >= 0.6 is 0 Å². The van der Waals surface area contributed by atoms with Crippen LogP contribution in [0.15, 0.2) is 28.8 Å². The van der Waals surface area contributed by atoms with Gasteiger partial charge in [0.2, 0.25) is 0 Å². The minimum atomic E-state index is 0.199. The Hall–Kier alpha value is -1.88. The first kappa shape index (κ1) is 10.3. The molecule has 1 aliphatic heterocycles. The third-order valence-corrected chi connectivity index (χ3v) is 2.96. The minimum absolute atomic E-state index is 0.199. The Labute approximate surface area is 98.5 Å². The van der Waals surface area contributed by atoms with E-state index in [9.17, 15) is 5.11 Å². The van der Waals surface area contributed by atoms with Crippen LogP contribution in [-0.2, 0) is 0 Å². The van der Waals surface area contributed by atoms with E-state index in [0.29, 0.717) is 11.8 Å². The maximum atomic E-state index is 9.39. The van der Waals surface area contributed by atoms with Gasteiger partial charge in [-0.25, -0.2) is 0 Å². The van der Waals surface area contributed by atoms with Crippen LogP contribution in [0.5, 0.6) is 5.75 Å². The molecule has 2 aromatic rings. The van der Waals surface area contributed by atoms with Crippen molar-refractivity contribution >= 4 is 0 Å². The molecule has 1 aromatic heterocycles. The van der Waals surface area contributed by atoms with Crippen LogP contribution in [0.25, 0.3) is 11.5 Å². The van der Waals surface area contributed by atoms with Crippen molar-refractivity contribution in [1.82, 2.24) is 15.5 Å². The van der Waals surface area contributed by atoms with Gasteiger partial charge in [0.1, 0.15) is 5.75 Å². The number of aromatic nitrogens is 2. The zero-order valence-electron chi connectivity index (χ0n) is 9.26. The van der Waals surface area contributed by atoms with Gasteiger partial charge in [0, 0.05) is 18.0 Å². The van der Waals surface area contributed by atoms with E-state index in [4.69, 9.17) is 4.52 Å².